The second-order valence-corrected chi connectivity index (χ2v) is 6.55. The molecule has 5 heteroatoms. The molecule has 0 unspecified atom stereocenters. The van der Waals surface area contributed by atoms with Crippen molar-refractivity contribution in [3.63, 3.8) is 0 Å². The maximum atomic E-state index is 11.9. The van der Waals surface area contributed by atoms with E-state index >= 15 is 0 Å². The fourth-order valence-corrected chi connectivity index (χ4v) is 3.18. The summed E-state index contributed by atoms with van der Waals surface area (Å²) in [5.41, 5.74) is 1.69. The number of aromatic nitrogens is 1. The first-order chi connectivity index (χ1) is 11.2. The topological polar surface area (TPSA) is 42.0 Å². The van der Waals surface area contributed by atoms with E-state index in [1.54, 1.807) is 23.9 Å². The molecule has 0 saturated heterocycles. The lowest BCUT2D eigenvalue weighted by Gasteiger charge is -2.06. The molecule has 0 fully saturated rings. The van der Waals surface area contributed by atoms with Gasteiger partial charge in [0.15, 0.2) is 0 Å². The Bertz CT molecular complexity index is 838. The zero-order valence-electron chi connectivity index (χ0n) is 12.3. The number of carbonyl (C=O) groups is 1. The van der Waals surface area contributed by atoms with Crippen LogP contribution in [0.4, 0.5) is 5.69 Å². The highest BCUT2D eigenvalue weighted by Crippen LogP contribution is 2.21. The number of para-hydroxylation sites is 1. The van der Waals surface area contributed by atoms with E-state index in [0.717, 1.165) is 21.6 Å². The molecule has 1 N–H and O–H groups in total. The van der Waals surface area contributed by atoms with Gasteiger partial charge in [0.25, 0.3) is 0 Å². The lowest BCUT2D eigenvalue weighted by atomic mass is 10.2. The van der Waals surface area contributed by atoms with Gasteiger partial charge in [-0.1, -0.05) is 41.9 Å². The average Bonchev–Trinajstić information content (AvgIpc) is 2.55. The van der Waals surface area contributed by atoms with Crippen LogP contribution in [-0.4, -0.2) is 16.6 Å². The van der Waals surface area contributed by atoms with Crippen LogP contribution in [0, 0.1) is 0 Å². The van der Waals surface area contributed by atoms with E-state index < -0.39 is 0 Å². The van der Waals surface area contributed by atoms with Crippen molar-refractivity contribution in [2.24, 2.45) is 0 Å². The molecule has 0 aliphatic rings. The molecule has 2 aromatic carbocycles. The van der Waals surface area contributed by atoms with Crippen LogP contribution in [0.5, 0.6) is 0 Å². The number of amides is 1. The number of hydrogen-bond donors (Lipinski definition) is 1. The van der Waals surface area contributed by atoms with Gasteiger partial charge in [-0.25, -0.2) is 4.98 Å². The standard InChI is InChI=1S/C18H15ClN2OS/c19-14-5-3-6-15(12-14)20-17(22)10-11-23-18-9-8-13-4-1-2-7-16(13)21-18/h1-9,12H,10-11H2,(H,20,22). The van der Waals surface area contributed by atoms with Gasteiger partial charge in [-0.2, -0.15) is 0 Å². The summed E-state index contributed by atoms with van der Waals surface area (Å²) in [5, 5.41) is 5.50. The van der Waals surface area contributed by atoms with Crippen LogP contribution < -0.4 is 5.32 Å². The number of nitrogens with zero attached hydrogens (tertiary/aromatic N) is 1. The number of pyridine rings is 1. The molecule has 3 aromatic rings. The summed E-state index contributed by atoms with van der Waals surface area (Å²) >= 11 is 7.48. The molecule has 0 atom stereocenters. The highest BCUT2D eigenvalue weighted by molar-refractivity contribution is 7.99. The van der Waals surface area contributed by atoms with Crippen molar-refractivity contribution in [2.45, 2.75) is 11.4 Å². The third-order valence-electron chi connectivity index (χ3n) is 3.26. The monoisotopic (exact) mass is 342 g/mol. The number of halogens is 1. The van der Waals surface area contributed by atoms with Crippen LogP contribution in [-0.2, 0) is 4.79 Å². The van der Waals surface area contributed by atoms with Gasteiger partial charge in [-0.3, -0.25) is 4.79 Å². The molecule has 1 heterocycles. The number of benzene rings is 2. The molecule has 0 saturated carbocycles. The van der Waals surface area contributed by atoms with Gasteiger partial charge in [0, 0.05) is 28.3 Å². The zero-order valence-corrected chi connectivity index (χ0v) is 13.9. The Balaban J connectivity index is 1.52. The molecule has 116 valence electrons. The highest BCUT2D eigenvalue weighted by atomic mass is 35.5. The van der Waals surface area contributed by atoms with Crippen LogP contribution in [0.25, 0.3) is 10.9 Å². The van der Waals surface area contributed by atoms with Crippen molar-refractivity contribution in [3.05, 3.63) is 65.7 Å². The summed E-state index contributed by atoms with van der Waals surface area (Å²) < 4.78 is 0. The third-order valence-corrected chi connectivity index (χ3v) is 4.43. The average molecular weight is 343 g/mol. The Labute approximate surface area is 144 Å². The van der Waals surface area contributed by atoms with Gasteiger partial charge >= 0.3 is 0 Å². The van der Waals surface area contributed by atoms with Crippen LogP contribution in [0.3, 0.4) is 0 Å². The molecule has 1 amide bonds. The van der Waals surface area contributed by atoms with Gasteiger partial charge in [0.05, 0.1) is 10.5 Å². The number of thioether (sulfide) groups is 1. The molecule has 0 radical (unpaired) electrons. The van der Waals surface area contributed by atoms with E-state index in [2.05, 4.69) is 16.4 Å². The van der Waals surface area contributed by atoms with E-state index in [4.69, 9.17) is 11.6 Å². The Kier molecular flexibility index (Phi) is 5.16. The van der Waals surface area contributed by atoms with Crippen molar-refractivity contribution in [3.8, 4) is 0 Å². The quantitative estimate of drug-likeness (QED) is 0.663. The largest absolute Gasteiger partial charge is 0.326 e. The van der Waals surface area contributed by atoms with E-state index in [9.17, 15) is 4.79 Å². The third kappa shape index (κ3) is 4.47. The van der Waals surface area contributed by atoms with Gasteiger partial charge < -0.3 is 5.32 Å². The summed E-state index contributed by atoms with van der Waals surface area (Å²) in [6, 6.07) is 19.2. The Hall–Kier alpha value is -2.04. The Morgan fingerprint density at radius 2 is 1.96 bits per heavy atom. The predicted molar refractivity (Wildman–Crippen MR) is 97.2 cm³/mol. The number of hydrogen-bond acceptors (Lipinski definition) is 3. The lowest BCUT2D eigenvalue weighted by molar-refractivity contribution is -0.115. The summed E-state index contributed by atoms with van der Waals surface area (Å²) in [7, 11) is 0. The molecule has 0 aliphatic heterocycles. The Morgan fingerprint density at radius 3 is 2.83 bits per heavy atom. The lowest BCUT2D eigenvalue weighted by Crippen LogP contribution is -2.12. The first-order valence-corrected chi connectivity index (χ1v) is 8.61. The van der Waals surface area contributed by atoms with Crippen LogP contribution in [0.2, 0.25) is 5.02 Å². The summed E-state index contributed by atoms with van der Waals surface area (Å²) in [4.78, 5) is 16.5. The van der Waals surface area contributed by atoms with Crippen LogP contribution in [0.1, 0.15) is 6.42 Å². The number of anilines is 1. The smallest absolute Gasteiger partial charge is 0.225 e. The van der Waals surface area contributed by atoms with Crippen molar-refractivity contribution >= 4 is 45.9 Å². The van der Waals surface area contributed by atoms with Crippen molar-refractivity contribution < 1.29 is 4.79 Å². The molecule has 1 aromatic heterocycles. The zero-order chi connectivity index (χ0) is 16.1. The molecule has 23 heavy (non-hydrogen) atoms. The van der Waals surface area contributed by atoms with Crippen molar-refractivity contribution in [1.82, 2.24) is 4.98 Å². The molecule has 3 rings (SSSR count). The van der Waals surface area contributed by atoms with E-state index in [-0.39, 0.29) is 5.91 Å². The predicted octanol–water partition coefficient (Wildman–Crippen LogP) is 5.01. The maximum Gasteiger partial charge on any atom is 0.225 e. The first kappa shape index (κ1) is 15.8. The number of nitrogens with one attached hydrogen (secondary N) is 1. The summed E-state index contributed by atoms with van der Waals surface area (Å²) in [5.74, 6) is 0.651. The number of fused-ring (bicyclic) bond motifs is 1. The van der Waals surface area contributed by atoms with Crippen molar-refractivity contribution in [1.29, 1.82) is 0 Å². The second kappa shape index (κ2) is 7.49. The number of carbonyl (C=O) groups excluding carboxylic acids is 1. The van der Waals surface area contributed by atoms with Crippen molar-refractivity contribution in [2.75, 3.05) is 11.1 Å². The minimum absolute atomic E-state index is 0.0273. The van der Waals surface area contributed by atoms with Crippen LogP contribution in [0.15, 0.2) is 65.7 Å². The van der Waals surface area contributed by atoms with Gasteiger partial charge in [0.2, 0.25) is 5.91 Å². The normalized spacial score (nSPS) is 10.7. The molecular formula is C18H15ClN2OS. The molecule has 0 spiro atoms. The second-order valence-electron chi connectivity index (χ2n) is 5.00. The van der Waals surface area contributed by atoms with Gasteiger partial charge in [-0.15, -0.1) is 11.8 Å². The van der Waals surface area contributed by atoms with E-state index in [1.807, 2.05) is 42.5 Å². The van der Waals surface area contributed by atoms with Gasteiger partial charge in [-0.05, 0) is 30.3 Å². The summed E-state index contributed by atoms with van der Waals surface area (Å²) in [6.07, 6.45) is 0.422. The molecule has 0 bridgehead atoms. The highest BCUT2D eigenvalue weighted by Gasteiger charge is 2.04. The first-order valence-electron chi connectivity index (χ1n) is 7.25. The fourth-order valence-electron chi connectivity index (χ4n) is 2.17. The van der Waals surface area contributed by atoms with E-state index in [1.165, 1.54) is 0 Å². The van der Waals surface area contributed by atoms with E-state index in [0.29, 0.717) is 17.2 Å². The fraction of sp³-hybridized carbons (Fsp3) is 0.111. The molecule has 3 nitrogen and oxygen atoms in total. The summed E-state index contributed by atoms with van der Waals surface area (Å²) in [6.45, 7) is 0. The minimum atomic E-state index is -0.0273. The number of rotatable bonds is 5. The maximum absolute atomic E-state index is 11.9. The Morgan fingerprint density at radius 1 is 1.09 bits per heavy atom. The minimum Gasteiger partial charge on any atom is -0.326 e. The molecule has 0 aliphatic carbocycles. The molecular weight excluding hydrogens is 328 g/mol. The van der Waals surface area contributed by atoms with Crippen LogP contribution >= 0.6 is 23.4 Å². The van der Waals surface area contributed by atoms with Gasteiger partial charge in [0.1, 0.15) is 0 Å². The SMILES string of the molecule is O=C(CCSc1ccc2ccccc2n1)Nc1cccc(Cl)c1.